The van der Waals surface area contributed by atoms with Crippen LogP contribution < -0.4 is 9.64 Å². The van der Waals surface area contributed by atoms with Crippen LogP contribution >= 0.6 is 11.8 Å². The first kappa shape index (κ1) is 25.6. The van der Waals surface area contributed by atoms with Gasteiger partial charge < -0.3 is 24.0 Å². The zero-order valence-electron chi connectivity index (χ0n) is 20.0. The van der Waals surface area contributed by atoms with Gasteiger partial charge >= 0.3 is 11.9 Å². The van der Waals surface area contributed by atoms with Gasteiger partial charge in [-0.15, -0.1) is 11.8 Å². The highest BCUT2D eigenvalue weighted by atomic mass is 32.2. The zero-order chi connectivity index (χ0) is 24.8. The van der Waals surface area contributed by atoms with E-state index < -0.39 is 29.4 Å². The molecule has 2 aromatic rings. The maximum absolute atomic E-state index is 13.9. The lowest BCUT2D eigenvalue weighted by atomic mass is 10.1. The van der Waals surface area contributed by atoms with Crippen LogP contribution in [0.5, 0.6) is 5.75 Å². The minimum absolute atomic E-state index is 0.126. The van der Waals surface area contributed by atoms with Crippen molar-refractivity contribution in [2.75, 3.05) is 39.2 Å². The predicted octanol–water partition coefficient (Wildman–Crippen LogP) is 3.30. The normalized spacial score (nSPS) is 18.6. The van der Waals surface area contributed by atoms with Crippen LogP contribution in [0.25, 0.3) is 0 Å². The molecule has 2 aromatic carbocycles. The smallest absolute Gasteiger partial charge is 0.303 e. The van der Waals surface area contributed by atoms with Crippen LogP contribution in [0.4, 0.5) is 5.69 Å². The molecular weight excluding hydrogens is 456 g/mol. The number of amides is 1. The Balaban J connectivity index is 2.06. The van der Waals surface area contributed by atoms with Crippen molar-refractivity contribution in [1.29, 1.82) is 0 Å². The number of likely N-dealkylation sites (N-methyl/N-ethyl adjacent to an activating group) is 1. The fraction of sp³-hybridized carbons (Fsp3) is 0.400. The number of benzene rings is 2. The van der Waals surface area contributed by atoms with Gasteiger partial charge in [-0.25, -0.2) is 0 Å². The molecule has 182 valence electrons. The van der Waals surface area contributed by atoms with E-state index >= 15 is 0 Å². The van der Waals surface area contributed by atoms with Gasteiger partial charge in [-0.3, -0.25) is 14.4 Å². The Bertz CT molecular complexity index is 1030. The maximum atomic E-state index is 13.9. The van der Waals surface area contributed by atoms with Crippen molar-refractivity contribution >= 4 is 35.3 Å². The first-order valence-corrected chi connectivity index (χ1v) is 11.8. The molecule has 0 spiro atoms. The number of carbonyl (C=O) groups is 3. The number of hydrogen-bond donors (Lipinski definition) is 0. The molecule has 0 saturated heterocycles. The summed E-state index contributed by atoms with van der Waals surface area (Å²) in [6.45, 7) is 3.19. The lowest BCUT2D eigenvalue weighted by Gasteiger charge is -2.31. The van der Waals surface area contributed by atoms with Gasteiger partial charge in [-0.1, -0.05) is 24.3 Å². The summed E-state index contributed by atoms with van der Waals surface area (Å²) in [5, 5.41) is -0.477. The first-order valence-electron chi connectivity index (χ1n) is 10.9. The molecule has 3 rings (SSSR count). The average Bonchev–Trinajstić information content (AvgIpc) is 2.88. The summed E-state index contributed by atoms with van der Waals surface area (Å²) in [4.78, 5) is 42.0. The number of anilines is 1. The van der Waals surface area contributed by atoms with E-state index in [2.05, 4.69) is 0 Å². The SMILES string of the molecule is COc1ccc([C@@H]2Sc3ccccc3N(CC(CN(C)C)OC(C)=O)C(=O)[C@@H]2OC(C)=O)cc1. The molecule has 0 fully saturated rings. The minimum Gasteiger partial charge on any atom is -0.497 e. The Kier molecular flexibility index (Phi) is 8.57. The van der Waals surface area contributed by atoms with Crippen LogP contribution in [0, 0.1) is 0 Å². The van der Waals surface area contributed by atoms with E-state index in [1.165, 1.54) is 25.6 Å². The molecule has 0 radical (unpaired) electrons. The number of esters is 2. The van der Waals surface area contributed by atoms with Crippen LogP contribution in [-0.4, -0.2) is 69.2 Å². The summed E-state index contributed by atoms with van der Waals surface area (Å²) in [7, 11) is 5.32. The third kappa shape index (κ3) is 6.30. The van der Waals surface area contributed by atoms with Gasteiger partial charge in [-0.2, -0.15) is 0 Å². The van der Waals surface area contributed by atoms with Crippen LogP contribution in [0.15, 0.2) is 53.4 Å². The van der Waals surface area contributed by atoms with Crippen molar-refractivity contribution in [2.24, 2.45) is 0 Å². The Morgan fingerprint density at radius 3 is 2.32 bits per heavy atom. The topological polar surface area (TPSA) is 85.4 Å². The molecule has 9 heteroatoms. The molecule has 1 aliphatic heterocycles. The summed E-state index contributed by atoms with van der Waals surface area (Å²) in [5.41, 5.74) is 1.51. The van der Waals surface area contributed by atoms with Gasteiger partial charge in [0.25, 0.3) is 5.91 Å². The van der Waals surface area contributed by atoms with E-state index in [1.807, 2.05) is 67.5 Å². The second kappa shape index (κ2) is 11.4. The van der Waals surface area contributed by atoms with Crippen molar-refractivity contribution in [3.8, 4) is 5.75 Å². The molecule has 0 saturated carbocycles. The predicted molar refractivity (Wildman–Crippen MR) is 130 cm³/mol. The average molecular weight is 487 g/mol. The highest BCUT2D eigenvalue weighted by Gasteiger charge is 2.41. The van der Waals surface area contributed by atoms with Crippen LogP contribution in [0.2, 0.25) is 0 Å². The maximum Gasteiger partial charge on any atom is 0.303 e. The molecule has 0 aromatic heterocycles. The lowest BCUT2D eigenvalue weighted by Crippen LogP contribution is -2.48. The van der Waals surface area contributed by atoms with Crippen molar-refractivity contribution in [3.63, 3.8) is 0 Å². The quantitative estimate of drug-likeness (QED) is 0.526. The van der Waals surface area contributed by atoms with E-state index in [0.717, 1.165) is 10.5 Å². The summed E-state index contributed by atoms with van der Waals surface area (Å²) < 4.78 is 16.4. The van der Waals surface area contributed by atoms with Gasteiger partial charge in [0.05, 0.1) is 24.6 Å². The largest absolute Gasteiger partial charge is 0.497 e. The van der Waals surface area contributed by atoms with Gasteiger partial charge in [0.2, 0.25) is 0 Å². The molecule has 0 aliphatic carbocycles. The molecule has 1 aliphatic rings. The number of rotatable bonds is 8. The number of para-hydroxylation sites is 1. The number of methoxy groups -OCH3 is 1. The zero-order valence-corrected chi connectivity index (χ0v) is 20.8. The van der Waals surface area contributed by atoms with Gasteiger partial charge in [0, 0.05) is 25.3 Å². The fourth-order valence-electron chi connectivity index (χ4n) is 3.87. The van der Waals surface area contributed by atoms with Gasteiger partial charge in [0.15, 0.2) is 6.10 Å². The standard InChI is InChI=1S/C25H30N2O6S/c1-16(28)32-20(14-26(3)4)15-27-21-8-6-7-9-22(21)34-24(23(25(27)30)33-17(2)29)18-10-12-19(31-5)13-11-18/h6-13,20,23-24H,14-15H2,1-5H3/t20?,23-,24+/m1/s1. The number of thioether (sulfide) groups is 1. The fourth-order valence-corrected chi connectivity index (χ4v) is 5.19. The molecule has 34 heavy (non-hydrogen) atoms. The van der Waals surface area contributed by atoms with E-state index in [-0.39, 0.29) is 12.5 Å². The molecular formula is C25H30N2O6S. The van der Waals surface area contributed by atoms with Crippen LogP contribution in [-0.2, 0) is 23.9 Å². The van der Waals surface area contributed by atoms with E-state index in [9.17, 15) is 14.4 Å². The number of nitrogens with zero attached hydrogens (tertiary/aromatic N) is 2. The van der Waals surface area contributed by atoms with Gasteiger partial charge in [-0.05, 0) is 43.9 Å². The molecule has 0 N–H and O–H groups in total. The van der Waals surface area contributed by atoms with E-state index in [0.29, 0.717) is 18.0 Å². The van der Waals surface area contributed by atoms with Crippen LogP contribution in [0.3, 0.4) is 0 Å². The molecule has 1 amide bonds. The van der Waals surface area contributed by atoms with E-state index in [1.54, 1.807) is 12.0 Å². The third-order valence-electron chi connectivity index (χ3n) is 5.22. The summed E-state index contributed by atoms with van der Waals surface area (Å²) in [6.07, 6.45) is -1.63. The summed E-state index contributed by atoms with van der Waals surface area (Å²) >= 11 is 1.46. The Morgan fingerprint density at radius 1 is 1.06 bits per heavy atom. The van der Waals surface area contributed by atoms with Crippen molar-refractivity contribution < 1.29 is 28.6 Å². The summed E-state index contributed by atoms with van der Waals surface area (Å²) in [5.74, 6) is -0.658. The second-order valence-corrected chi connectivity index (χ2v) is 9.44. The molecule has 0 bridgehead atoms. The Morgan fingerprint density at radius 2 is 1.74 bits per heavy atom. The molecule has 1 unspecified atom stereocenters. The lowest BCUT2D eigenvalue weighted by molar-refractivity contribution is -0.153. The molecule has 3 atom stereocenters. The third-order valence-corrected chi connectivity index (χ3v) is 6.59. The van der Waals surface area contributed by atoms with Crippen LogP contribution in [0.1, 0.15) is 24.7 Å². The highest BCUT2D eigenvalue weighted by Crippen LogP contribution is 2.47. The summed E-state index contributed by atoms with van der Waals surface area (Å²) in [6, 6.07) is 14.9. The molecule has 8 nitrogen and oxygen atoms in total. The Hall–Kier alpha value is -3.04. The Labute approximate surface area is 204 Å². The number of carbonyl (C=O) groups excluding carboxylic acids is 3. The van der Waals surface area contributed by atoms with Crippen molar-refractivity contribution in [1.82, 2.24) is 4.90 Å². The van der Waals surface area contributed by atoms with Crippen molar-refractivity contribution in [2.45, 2.75) is 36.2 Å². The van der Waals surface area contributed by atoms with Gasteiger partial charge in [0.1, 0.15) is 11.9 Å². The molecule has 1 heterocycles. The number of ether oxygens (including phenoxy) is 3. The first-order chi connectivity index (χ1) is 16.2. The minimum atomic E-state index is -1.07. The second-order valence-electron chi connectivity index (χ2n) is 8.25. The van der Waals surface area contributed by atoms with Crippen molar-refractivity contribution in [3.05, 3.63) is 54.1 Å². The van der Waals surface area contributed by atoms with E-state index in [4.69, 9.17) is 14.2 Å². The monoisotopic (exact) mass is 486 g/mol. The number of fused-ring (bicyclic) bond motifs is 1. The number of hydrogen-bond acceptors (Lipinski definition) is 8. The highest BCUT2D eigenvalue weighted by molar-refractivity contribution is 7.99.